The molecule has 7 nitrogen and oxygen atoms in total. The highest BCUT2D eigenvalue weighted by Crippen LogP contribution is 2.17. The van der Waals surface area contributed by atoms with Crippen LogP contribution in [0.1, 0.15) is 19.4 Å². The van der Waals surface area contributed by atoms with E-state index in [1.807, 2.05) is 4.90 Å². The quantitative estimate of drug-likeness (QED) is 0.326. The number of nitrogens with two attached hydrogens (primary N) is 1. The summed E-state index contributed by atoms with van der Waals surface area (Å²) in [5.41, 5.74) is 6.23. The minimum absolute atomic E-state index is 0.0241. The van der Waals surface area contributed by atoms with Crippen LogP contribution in [0, 0.1) is 5.92 Å². The Kier molecular flexibility index (Phi) is 6.01. The van der Waals surface area contributed by atoms with Gasteiger partial charge in [0.15, 0.2) is 11.7 Å². The predicted octanol–water partition coefficient (Wildman–Crippen LogP) is 0.680. The molecule has 0 bridgehead atoms. The molecule has 106 valence electrons. The second kappa shape index (κ2) is 7.52. The Balaban J connectivity index is 3.06. The van der Waals surface area contributed by atoms with Crippen LogP contribution in [0.4, 0.5) is 5.82 Å². The lowest BCUT2D eigenvalue weighted by Gasteiger charge is -2.26. The molecule has 0 fully saturated rings. The molecular formula is C12H21N5O2. The minimum atomic E-state index is 0.0241. The predicted molar refractivity (Wildman–Crippen MR) is 73.5 cm³/mol. The van der Waals surface area contributed by atoms with Crippen molar-refractivity contribution in [3.63, 3.8) is 0 Å². The topological polar surface area (TPSA) is 96.9 Å². The SMILES string of the molecule is COCCN(CC(C)C)c1nnccc1/C(N)=N/O. The number of rotatable bonds is 7. The normalized spacial score (nSPS) is 11.9. The van der Waals surface area contributed by atoms with Crippen LogP contribution in [0.15, 0.2) is 17.4 Å². The Morgan fingerprint density at radius 1 is 1.58 bits per heavy atom. The molecule has 0 unspecified atom stereocenters. The number of hydrogen-bond acceptors (Lipinski definition) is 6. The molecule has 0 aromatic carbocycles. The van der Waals surface area contributed by atoms with E-state index in [0.29, 0.717) is 30.5 Å². The largest absolute Gasteiger partial charge is 0.409 e. The first-order valence-corrected chi connectivity index (χ1v) is 6.13. The fraction of sp³-hybridized carbons (Fsp3) is 0.583. The Hall–Kier alpha value is -1.89. The Morgan fingerprint density at radius 2 is 2.32 bits per heavy atom. The molecule has 0 saturated carbocycles. The van der Waals surface area contributed by atoms with Crippen molar-refractivity contribution >= 4 is 11.7 Å². The number of nitrogens with zero attached hydrogens (tertiary/aromatic N) is 4. The van der Waals surface area contributed by atoms with E-state index in [1.54, 1.807) is 13.2 Å². The van der Waals surface area contributed by atoms with Crippen molar-refractivity contribution in [2.24, 2.45) is 16.8 Å². The van der Waals surface area contributed by atoms with Crippen molar-refractivity contribution in [1.29, 1.82) is 0 Å². The van der Waals surface area contributed by atoms with E-state index >= 15 is 0 Å². The van der Waals surface area contributed by atoms with Gasteiger partial charge in [0.2, 0.25) is 0 Å². The molecule has 0 aliphatic heterocycles. The molecule has 0 saturated heterocycles. The molecule has 3 N–H and O–H groups in total. The van der Waals surface area contributed by atoms with Gasteiger partial charge in [-0.05, 0) is 12.0 Å². The van der Waals surface area contributed by atoms with Crippen molar-refractivity contribution in [3.05, 3.63) is 17.8 Å². The molecule has 0 atom stereocenters. The number of hydrogen-bond donors (Lipinski definition) is 2. The van der Waals surface area contributed by atoms with Crippen LogP contribution >= 0.6 is 0 Å². The summed E-state index contributed by atoms with van der Waals surface area (Å²) in [5, 5.41) is 19.8. The Morgan fingerprint density at radius 3 is 2.89 bits per heavy atom. The highest BCUT2D eigenvalue weighted by Gasteiger charge is 2.17. The first-order valence-electron chi connectivity index (χ1n) is 6.13. The summed E-state index contributed by atoms with van der Waals surface area (Å²) in [5.74, 6) is 1.07. The molecule has 1 rings (SSSR count). The summed E-state index contributed by atoms with van der Waals surface area (Å²) in [6.07, 6.45) is 1.51. The average molecular weight is 267 g/mol. The summed E-state index contributed by atoms with van der Waals surface area (Å²) in [7, 11) is 1.65. The number of amidine groups is 1. The summed E-state index contributed by atoms with van der Waals surface area (Å²) >= 11 is 0. The maximum atomic E-state index is 8.82. The summed E-state index contributed by atoms with van der Waals surface area (Å²) in [6, 6.07) is 1.68. The second-order valence-corrected chi connectivity index (χ2v) is 4.59. The first-order chi connectivity index (χ1) is 9.10. The lowest BCUT2D eigenvalue weighted by atomic mass is 10.2. The standard InChI is InChI=1S/C12H21N5O2/c1-9(2)8-17(6-7-19-3)12-10(11(13)16-18)4-5-14-15-12/h4-5,9,18H,6-8H2,1-3H3,(H2,13,16). The van der Waals surface area contributed by atoms with Crippen LogP contribution in [-0.2, 0) is 4.74 Å². The van der Waals surface area contributed by atoms with Crippen LogP contribution in [0.3, 0.4) is 0 Å². The fourth-order valence-electron chi connectivity index (χ4n) is 1.74. The average Bonchev–Trinajstić information content (AvgIpc) is 2.42. The van der Waals surface area contributed by atoms with Gasteiger partial charge < -0.3 is 20.6 Å². The zero-order valence-electron chi connectivity index (χ0n) is 11.6. The molecule has 0 aliphatic rings. The highest BCUT2D eigenvalue weighted by atomic mass is 16.5. The maximum Gasteiger partial charge on any atom is 0.173 e. The van der Waals surface area contributed by atoms with Gasteiger partial charge in [-0.25, -0.2) is 0 Å². The van der Waals surface area contributed by atoms with Crippen LogP contribution in [0.2, 0.25) is 0 Å². The number of oxime groups is 1. The molecule has 1 heterocycles. The van der Waals surface area contributed by atoms with Gasteiger partial charge in [-0.1, -0.05) is 19.0 Å². The van der Waals surface area contributed by atoms with Gasteiger partial charge in [0.05, 0.1) is 18.4 Å². The van der Waals surface area contributed by atoms with Crippen molar-refractivity contribution in [3.8, 4) is 0 Å². The molecule has 1 aromatic heterocycles. The number of methoxy groups -OCH3 is 1. The molecular weight excluding hydrogens is 246 g/mol. The molecule has 7 heteroatoms. The number of anilines is 1. The summed E-state index contributed by atoms with van der Waals surface area (Å²) in [4.78, 5) is 2.02. The van der Waals surface area contributed by atoms with E-state index in [1.165, 1.54) is 6.20 Å². The molecule has 0 spiro atoms. The van der Waals surface area contributed by atoms with Crippen LogP contribution in [-0.4, -0.2) is 48.0 Å². The van der Waals surface area contributed by atoms with Gasteiger partial charge in [-0.3, -0.25) is 0 Å². The number of ether oxygens (including phenoxy) is 1. The van der Waals surface area contributed by atoms with Gasteiger partial charge in [0, 0.05) is 20.2 Å². The molecule has 19 heavy (non-hydrogen) atoms. The van der Waals surface area contributed by atoms with Gasteiger partial charge >= 0.3 is 0 Å². The van der Waals surface area contributed by atoms with Crippen LogP contribution in [0.5, 0.6) is 0 Å². The summed E-state index contributed by atoms with van der Waals surface area (Å²) < 4.78 is 5.10. The van der Waals surface area contributed by atoms with Crippen molar-refractivity contribution < 1.29 is 9.94 Å². The van der Waals surface area contributed by atoms with Gasteiger partial charge in [-0.2, -0.15) is 5.10 Å². The molecule has 1 aromatic rings. The van der Waals surface area contributed by atoms with E-state index in [0.717, 1.165) is 6.54 Å². The lowest BCUT2D eigenvalue weighted by Crippen LogP contribution is -2.34. The third kappa shape index (κ3) is 4.36. The molecule has 0 amide bonds. The third-order valence-corrected chi connectivity index (χ3v) is 2.54. The zero-order chi connectivity index (χ0) is 14.3. The van der Waals surface area contributed by atoms with Crippen molar-refractivity contribution in [2.45, 2.75) is 13.8 Å². The number of aromatic nitrogens is 2. The fourth-order valence-corrected chi connectivity index (χ4v) is 1.74. The third-order valence-electron chi connectivity index (χ3n) is 2.54. The Labute approximate surface area is 113 Å². The van der Waals surface area contributed by atoms with E-state index in [4.69, 9.17) is 15.7 Å². The van der Waals surface area contributed by atoms with Crippen LogP contribution < -0.4 is 10.6 Å². The van der Waals surface area contributed by atoms with E-state index in [-0.39, 0.29) is 5.84 Å². The highest BCUT2D eigenvalue weighted by molar-refractivity contribution is 6.01. The second-order valence-electron chi connectivity index (χ2n) is 4.59. The molecule has 0 radical (unpaired) electrons. The van der Waals surface area contributed by atoms with Gasteiger partial charge in [0.1, 0.15) is 0 Å². The van der Waals surface area contributed by atoms with Crippen LogP contribution in [0.25, 0.3) is 0 Å². The van der Waals surface area contributed by atoms with Gasteiger partial charge in [0.25, 0.3) is 0 Å². The lowest BCUT2D eigenvalue weighted by molar-refractivity contribution is 0.204. The monoisotopic (exact) mass is 267 g/mol. The molecule has 0 aliphatic carbocycles. The van der Waals surface area contributed by atoms with Crippen molar-refractivity contribution in [1.82, 2.24) is 10.2 Å². The van der Waals surface area contributed by atoms with Crippen molar-refractivity contribution in [2.75, 3.05) is 31.7 Å². The van der Waals surface area contributed by atoms with Gasteiger partial charge in [-0.15, -0.1) is 5.10 Å². The zero-order valence-corrected chi connectivity index (χ0v) is 11.6. The van der Waals surface area contributed by atoms with E-state index in [9.17, 15) is 0 Å². The summed E-state index contributed by atoms with van der Waals surface area (Å²) in [6.45, 7) is 6.24. The van der Waals surface area contributed by atoms with E-state index in [2.05, 4.69) is 29.2 Å². The maximum absolute atomic E-state index is 8.82. The smallest absolute Gasteiger partial charge is 0.173 e. The minimum Gasteiger partial charge on any atom is -0.409 e. The first kappa shape index (κ1) is 15.2. The Bertz CT molecular complexity index is 422. The van der Waals surface area contributed by atoms with E-state index < -0.39 is 0 Å².